The van der Waals surface area contributed by atoms with Gasteiger partial charge in [-0.3, -0.25) is 4.79 Å². The summed E-state index contributed by atoms with van der Waals surface area (Å²) >= 11 is 0. The molecule has 0 radical (unpaired) electrons. The quantitative estimate of drug-likeness (QED) is 0.836. The first-order valence-electron chi connectivity index (χ1n) is 9.54. The van der Waals surface area contributed by atoms with E-state index in [1.165, 1.54) is 5.56 Å². The summed E-state index contributed by atoms with van der Waals surface area (Å²) < 4.78 is 5.95. The molecule has 1 saturated carbocycles. The van der Waals surface area contributed by atoms with Crippen LogP contribution in [0.1, 0.15) is 24.8 Å². The molecule has 1 aliphatic carbocycles. The monoisotopic (exact) mass is 350 g/mol. The highest BCUT2D eigenvalue weighted by molar-refractivity contribution is 5.96. The molecule has 4 nitrogen and oxygen atoms in total. The summed E-state index contributed by atoms with van der Waals surface area (Å²) in [6, 6.07) is 18.0. The van der Waals surface area contributed by atoms with Crippen molar-refractivity contribution < 1.29 is 9.53 Å². The molecule has 1 spiro atoms. The second kappa shape index (κ2) is 7.50. The van der Waals surface area contributed by atoms with Gasteiger partial charge in [-0.25, -0.2) is 0 Å². The van der Waals surface area contributed by atoms with Crippen molar-refractivity contribution in [2.24, 2.45) is 11.3 Å². The molecule has 2 N–H and O–H groups in total. The number of ether oxygens (including phenoxy) is 1. The first kappa shape index (κ1) is 17.1. The van der Waals surface area contributed by atoms with Crippen LogP contribution in [0.2, 0.25) is 0 Å². The second-order valence-corrected chi connectivity index (χ2v) is 7.44. The molecule has 136 valence electrons. The van der Waals surface area contributed by atoms with E-state index in [0.29, 0.717) is 6.61 Å². The molecule has 4 heteroatoms. The first-order valence-corrected chi connectivity index (χ1v) is 9.54. The van der Waals surface area contributed by atoms with Crippen LogP contribution in [0, 0.1) is 11.3 Å². The van der Waals surface area contributed by atoms with Gasteiger partial charge in [-0.2, -0.15) is 0 Å². The maximum absolute atomic E-state index is 12.7. The number of carbonyl (C=O) groups is 1. The van der Waals surface area contributed by atoms with Crippen LogP contribution < -0.4 is 15.4 Å². The van der Waals surface area contributed by atoms with Gasteiger partial charge in [-0.05, 0) is 55.5 Å². The van der Waals surface area contributed by atoms with Crippen LogP contribution >= 0.6 is 0 Å². The highest BCUT2D eigenvalue weighted by Gasteiger charge is 2.57. The molecule has 26 heavy (non-hydrogen) atoms. The van der Waals surface area contributed by atoms with Gasteiger partial charge in [-0.15, -0.1) is 0 Å². The number of nitrogens with one attached hydrogen (secondary N) is 2. The summed E-state index contributed by atoms with van der Waals surface area (Å²) in [6.07, 6.45) is 4.10. The van der Waals surface area contributed by atoms with Crippen molar-refractivity contribution in [1.82, 2.24) is 5.32 Å². The zero-order valence-corrected chi connectivity index (χ0v) is 15.0. The average molecular weight is 350 g/mol. The fourth-order valence-corrected chi connectivity index (χ4v) is 4.03. The molecule has 4 rings (SSSR count). The van der Waals surface area contributed by atoms with E-state index in [4.69, 9.17) is 4.74 Å². The minimum atomic E-state index is 0.144. The Morgan fingerprint density at radius 1 is 1.08 bits per heavy atom. The Hall–Kier alpha value is -2.33. The van der Waals surface area contributed by atoms with Crippen LogP contribution in [0.5, 0.6) is 5.75 Å². The molecule has 1 amide bonds. The Balaban J connectivity index is 1.34. The van der Waals surface area contributed by atoms with Gasteiger partial charge < -0.3 is 15.4 Å². The first-order chi connectivity index (χ1) is 12.8. The maximum atomic E-state index is 12.7. The van der Waals surface area contributed by atoms with Gasteiger partial charge in [0.05, 0.1) is 12.3 Å². The topological polar surface area (TPSA) is 50.4 Å². The van der Waals surface area contributed by atoms with Gasteiger partial charge in [0.15, 0.2) is 0 Å². The molecule has 2 aromatic rings. The number of carbonyl (C=O) groups excluding carboxylic acids is 1. The third kappa shape index (κ3) is 3.75. The summed E-state index contributed by atoms with van der Waals surface area (Å²) in [5, 5.41) is 6.49. The SMILES string of the molecule is O=C(Nc1ccccc1OCCc1ccccc1)C1CC12CCNCC2. The molecule has 1 saturated heterocycles. The number of para-hydroxylation sites is 2. The predicted molar refractivity (Wildman–Crippen MR) is 103 cm³/mol. The van der Waals surface area contributed by atoms with E-state index in [2.05, 4.69) is 22.8 Å². The second-order valence-electron chi connectivity index (χ2n) is 7.44. The molecule has 2 aromatic carbocycles. The van der Waals surface area contributed by atoms with Crippen LogP contribution in [0.25, 0.3) is 0 Å². The minimum absolute atomic E-state index is 0.144. The van der Waals surface area contributed by atoms with Gasteiger partial charge in [-0.1, -0.05) is 42.5 Å². The van der Waals surface area contributed by atoms with E-state index in [1.54, 1.807) is 0 Å². The molecule has 1 heterocycles. The Bertz CT molecular complexity index is 754. The van der Waals surface area contributed by atoms with Crippen LogP contribution in [0.4, 0.5) is 5.69 Å². The Morgan fingerprint density at radius 3 is 2.62 bits per heavy atom. The molecule has 0 aromatic heterocycles. The Kier molecular flexibility index (Phi) is 4.93. The molecular formula is C22H26N2O2. The summed E-state index contributed by atoms with van der Waals surface area (Å²) in [4.78, 5) is 12.7. The van der Waals surface area contributed by atoms with Crippen molar-refractivity contribution >= 4 is 11.6 Å². The number of piperidine rings is 1. The molecule has 1 aliphatic heterocycles. The fraction of sp³-hybridized carbons (Fsp3) is 0.409. The van der Waals surface area contributed by atoms with Crippen LogP contribution in [-0.4, -0.2) is 25.6 Å². The molecule has 0 bridgehead atoms. The molecule has 1 unspecified atom stereocenters. The number of hydrogen-bond acceptors (Lipinski definition) is 3. The third-order valence-corrected chi connectivity index (χ3v) is 5.74. The molecular weight excluding hydrogens is 324 g/mol. The van der Waals surface area contributed by atoms with Crippen molar-refractivity contribution in [3.63, 3.8) is 0 Å². The fourth-order valence-electron chi connectivity index (χ4n) is 4.03. The van der Waals surface area contributed by atoms with Crippen LogP contribution in [0.15, 0.2) is 54.6 Å². The lowest BCUT2D eigenvalue weighted by Crippen LogP contribution is -2.31. The van der Waals surface area contributed by atoms with Gasteiger partial charge in [0, 0.05) is 12.3 Å². The van der Waals surface area contributed by atoms with Gasteiger partial charge in [0.25, 0.3) is 0 Å². The lowest BCUT2D eigenvalue weighted by molar-refractivity contribution is -0.118. The van der Waals surface area contributed by atoms with E-state index in [-0.39, 0.29) is 17.2 Å². The Labute approximate surface area is 155 Å². The Morgan fingerprint density at radius 2 is 1.81 bits per heavy atom. The summed E-state index contributed by atoms with van der Waals surface area (Å²) in [5.74, 6) is 1.05. The lowest BCUT2D eigenvalue weighted by Gasteiger charge is -2.23. The number of rotatable bonds is 6. The van der Waals surface area contributed by atoms with Crippen molar-refractivity contribution in [2.45, 2.75) is 25.7 Å². The van der Waals surface area contributed by atoms with E-state index < -0.39 is 0 Å². The van der Waals surface area contributed by atoms with E-state index >= 15 is 0 Å². The summed E-state index contributed by atoms with van der Waals surface area (Å²) in [6.45, 7) is 2.65. The number of benzene rings is 2. The lowest BCUT2D eigenvalue weighted by atomic mass is 9.92. The smallest absolute Gasteiger partial charge is 0.228 e. The van der Waals surface area contributed by atoms with E-state index in [9.17, 15) is 4.79 Å². The van der Waals surface area contributed by atoms with Crippen molar-refractivity contribution in [3.05, 3.63) is 60.2 Å². The average Bonchev–Trinajstić information content (AvgIpc) is 3.37. The van der Waals surface area contributed by atoms with E-state index in [0.717, 1.165) is 50.2 Å². The van der Waals surface area contributed by atoms with Gasteiger partial charge in [0.2, 0.25) is 5.91 Å². The summed E-state index contributed by atoms with van der Waals surface area (Å²) in [7, 11) is 0. The number of amides is 1. The molecule has 2 aliphatic rings. The van der Waals surface area contributed by atoms with Crippen molar-refractivity contribution in [1.29, 1.82) is 0 Å². The van der Waals surface area contributed by atoms with Gasteiger partial charge >= 0.3 is 0 Å². The van der Waals surface area contributed by atoms with Crippen LogP contribution in [-0.2, 0) is 11.2 Å². The largest absolute Gasteiger partial charge is 0.491 e. The summed E-state index contributed by atoms with van der Waals surface area (Å²) in [5.41, 5.74) is 2.28. The number of hydrogen-bond donors (Lipinski definition) is 2. The minimum Gasteiger partial charge on any atom is -0.491 e. The number of anilines is 1. The molecule has 1 atom stereocenters. The highest BCUT2D eigenvalue weighted by Crippen LogP contribution is 2.58. The standard InChI is InChI=1S/C22H26N2O2/c25-21(18-16-22(18)11-13-23-14-12-22)24-19-8-4-5-9-20(19)26-15-10-17-6-2-1-3-7-17/h1-9,18,23H,10-16H2,(H,24,25). The predicted octanol–water partition coefficient (Wildman–Crippen LogP) is 3.64. The highest BCUT2D eigenvalue weighted by atomic mass is 16.5. The van der Waals surface area contributed by atoms with Crippen LogP contribution in [0.3, 0.4) is 0 Å². The zero-order valence-electron chi connectivity index (χ0n) is 15.0. The molecule has 2 fully saturated rings. The van der Waals surface area contributed by atoms with E-state index in [1.807, 2.05) is 42.5 Å². The third-order valence-electron chi connectivity index (χ3n) is 5.74. The van der Waals surface area contributed by atoms with Crippen molar-refractivity contribution in [2.75, 3.05) is 25.0 Å². The normalized spacial score (nSPS) is 20.5. The van der Waals surface area contributed by atoms with Crippen molar-refractivity contribution in [3.8, 4) is 5.75 Å². The van der Waals surface area contributed by atoms with Gasteiger partial charge in [0.1, 0.15) is 5.75 Å². The maximum Gasteiger partial charge on any atom is 0.228 e. The zero-order chi connectivity index (χ0) is 17.8.